The number of aliphatic hydroxyl groups excluding tert-OH is 1. The number of hydrogen-bond acceptors (Lipinski definition) is 3. The van der Waals surface area contributed by atoms with Gasteiger partial charge in [-0.25, -0.2) is 4.98 Å². The summed E-state index contributed by atoms with van der Waals surface area (Å²) in [6, 6.07) is 17.1. The number of aromatic nitrogens is 2. The Labute approximate surface area is 166 Å². The zero-order valence-electron chi connectivity index (χ0n) is 15.1. The number of benzene rings is 2. The number of para-hydroxylation sites is 1. The van der Waals surface area contributed by atoms with Crippen LogP contribution in [0.2, 0.25) is 0 Å². The van der Waals surface area contributed by atoms with E-state index >= 15 is 0 Å². The van der Waals surface area contributed by atoms with Gasteiger partial charge in [-0.3, -0.25) is 4.98 Å². The molecule has 7 heteroatoms. The Bertz CT molecular complexity index is 1180. The van der Waals surface area contributed by atoms with Crippen LogP contribution in [0.1, 0.15) is 22.9 Å². The molecule has 2 heterocycles. The lowest BCUT2D eigenvalue weighted by Gasteiger charge is -2.18. The van der Waals surface area contributed by atoms with Crippen LogP contribution in [0, 0.1) is 0 Å². The van der Waals surface area contributed by atoms with Gasteiger partial charge in [-0.2, -0.15) is 13.2 Å². The number of alkyl halides is 3. The Morgan fingerprint density at radius 2 is 1.72 bits per heavy atom. The van der Waals surface area contributed by atoms with Crippen molar-refractivity contribution < 1.29 is 18.3 Å². The maximum Gasteiger partial charge on any atom is 0.418 e. The van der Waals surface area contributed by atoms with Crippen LogP contribution in [-0.2, 0) is 6.18 Å². The van der Waals surface area contributed by atoms with Crippen molar-refractivity contribution in [2.24, 2.45) is 0 Å². The van der Waals surface area contributed by atoms with Crippen LogP contribution < -0.4 is 5.46 Å². The molecule has 2 aromatic carbocycles. The van der Waals surface area contributed by atoms with E-state index < -0.39 is 17.8 Å². The maximum atomic E-state index is 13.6. The molecule has 0 fully saturated rings. The third kappa shape index (κ3) is 3.73. The molecule has 2 aromatic heterocycles. The molecule has 1 unspecified atom stereocenters. The lowest BCUT2D eigenvalue weighted by molar-refractivity contribution is -0.136. The molecule has 0 spiro atoms. The van der Waals surface area contributed by atoms with Gasteiger partial charge >= 0.3 is 6.18 Å². The minimum Gasteiger partial charge on any atom is -0.382 e. The number of rotatable bonds is 3. The average molecular weight is 390 g/mol. The number of pyridine rings is 2. The molecule has 2 radical (unpaired) electrons. The van der Waals surface area contributed by atoms with Crippen molar-refractivity contribution in [1.82, 2.24) is 9.97 Å². The molecule has 3 nitrogen and oxygen atoms in total. The van der Waals surface area contributed by atoms with E-state index in [-0.39, 0.29) is 22.2 Å². The monoisotopic (exact) mass is 390 g/mol. The fourth-order valence-electron chi connectivity index (χ4n) is 3.27. The van der Waals surface area contributed by atoms with Gasteiger partial charge in [0.15, 0.2) is 0 Å². The number of hydrogen-bond donors (Lipinski definition) is 1. The van der Waals surface area contributed by atoms with Crippen molar-refractivity contribution in [3.05, 3.63) is 89.7 Å². The highest BCUT2D eigenvalue weighted by molar-refractivity contribution is 6.32. The molecule has 142 valence electrons. The third-order valence-electron chi connectivity index (χ3n) is 4.62. The SMILES string of the molecule is [B]c1cccc(-c2cc(C(O)c3ccccn3)c3cccc(C(F)(F)F)c3n2)c1. The van der Waals surface area contributed by atoms with Crippen LogP contribution in [0.3, 0.4) is 0 Å². The standard InChI is InChI=1S/C22H14BF3N2O/c23-14-6-3-5-13(11-14)19-12-16(21(29)18-9-1-2-10-27-18)15-7-4-8-17(20(15)28-19)22(24,25)26/h1-12,21,29H. The van der Waals surface area contributed by atoms with Crippen LogP contribution >= 0.6 is 0 Å². The first-order valence-electron chi connectivity index (χ1n) is 8.80. The van der Waals surface area contributed by atoms with Gasteiger partial charge in [0.1, 0.15) is 14.0 Å². The van der Waals surface area contributed by atoms with Crippen LogP contribution in [0.4, 0.5) is 13.2 Å². The Morgan fingerprint density at radius 3 is 2.41 bits per heavy atom. The molecule has 29 heavy (non-hydrogen) atoms. The Balaban J connectivity index is 2.03. The number of fused-ring (bicyclic) bond motifs is 1. The number of aliphatic hydroxyl groups is 1. The molecule has 0 bridgehead atoms. The van der Waals surface area contributed by atoms with Crippen molar-refractivity contribution in [1.29, 1.82) is 0 Å². The highest BCUT2D eigenvalue weighted by atomic mass is 19.4. The van der Waals surface area contributed by atoms with E-state index in [2.05, 4.69) is 9.97 Å². The summed E-state index contributed by atoms with van der Waals surface area (Å²) in [7, 11) is 5.83. The number of nitrogens with zero attached hydrogens (tertiary/aromatic N) is 2. The summed E-state index contributed by atoms with van der Waals surface area (Å²) in [5, 5.41) is 11.1. The predicted octanol–water partition coefficient (Wildman–Crippen LogP) is 4.19. The van der Waals surface area contributed by atoms with Crippen LogP contribution in [-0.4, -0.2) is 22.9 Å². The summed E-state index contributed by atoms with van der Waals surface area (Å²) in [4.78, 5) is 8.42. The topological polar surface area (TPSA) is 46.0 Å². The number of halogens is 3. The first-order chi connectivity index (χ1) is 13.8. The predicted molar refractivity (Wildman–Crippen MR) is 106 cm³/mol. The summed E-state index contributed by atoms with van der Waals surface area (Å²) in [5.41, 5.74) is 0.818. The van der Waals surface area contributed by atoms with E-state index in [0.29, 0.717) is 16.7 Å². The fourth-order valence-corrected chi connectivity index (χ4v) is 3.27. The first-order valence-corrected chi connectivity index (χ1v) is 8.80. The van der Waals surface area contributed by atoms with Gasteiger partial charge in [-0.05, 0) is 35.4 Å². The van der Waals surface area contributed by atoms with Gasteiger partial charge in [0.2, 0.25) is 0 Å². The van der Waals surface area contributed by atoms with E-state index in [1.54, 1.807) is 48.5 Å². The largest absolute Gasteiger partial charge is 0.418 e. The molecule has 1 N–H and O–H groups in total. The quantitative estimate of drug-likeness (QED) is 0.534. The minimum absolute atomic E-state index is 0.214. The molecule has 0 aliphatic heterocycles. The molecule has 4 rings (SSSR count). The van der Waals surface area contributed by atoms with Gasteiger partial charge in [-0.1, -0.05) is 47.9 Å². The third-order valence-corrected chi connectivity index (χ3v) is 4.62. The lowest BCUT2D eigenvalue weighted by Crippen LogP contribution is -2.10. The Hall–Kier alpha value is -3.19. The van der Waals surface area contributed by atoms with Crippen molar-refractivity contribution >= 4 is 24.2 Å². The van der Waals surface area contributed by atoms with Gasteiger partial charge in [0, 0.05) is 11.6 Å². The molecule has 4 aromatic rings. The summed E-state index contributed by atoms with van der Waals surface area (Å²) >= 11 is 0. The summed E-state index contributed by atoms with van der Waals surface area (Å²) in [5.74, 6) is 0. The van der Waals surface area contributed by atoms with Gasteiger partial charge in [0.05, 0.1) is 22.5 Å². The Morgan fingerprint density at radius 1 is 0.931 bits per heavy atom. The van der Waals surface area contributed by atoms with Gasteiger partial charge in [-0.15, -0.1) is 0 Å². The second-order valence-corrected chi connectivity index (χ2v) is 6.58. The van der Waals surface area contributed by atoms with Gasteiger partial charge in [0.25, 0.3) is 0 Å². The highest BCUT2D eigenvalue weighted by Gasteiger charge is 2.34. The van der Waals surface area contributed by atoms with E-state index in [9.17, 15) is 18.3 Å². The van der Waals surface area contributed by atoms with Crippen molar-refractivity contribution in [3.63, 3.8) is 0 Å². The van der Waals surface area contributed by atoms with E-state index in [4.69, 9.17) is 7.85 Å². The highest BCUT2D eigenvalue weighted by Crippen LogP contribution is 2.38. The van der Waals surface area contributed by atoms with E-state index in [1.165, 1.54) is 18.3 Å². The van der Waals surface area contributed by atoms with Crippen LogP contribution in [0.5, 0.6) is 0 Å². The van der Waals surface area contributed by atoms with E-state index in [0.717, 1.165) is 6.07 Å². The zero-order valence-corrected chi connectivity index (χ0v) is 15.1. The molecular weight excluding hydrogens is 376 g/mol. The van der Waals surface area contributed by atoms with Crippen LogP contribution in [0.25, 0.3) is 22.2 Å². The molecule has 0 amide bonds. The molecule has 0 saturated heterocycles. The average Bonchev–Trinajstić information content (AvgIpc) is 2.72. The first kappa shape index (κ1) is 19.1. The molecule has 0 saturated carbocycles. The molecule has 1 atom stereocenters. The van der Waals surface area contributed by atoms with Crippen LogP contribution in [0.15, 0.2) is 72.9 Å². The second-order valence-electron chi connectivity index (χ2n) is 6.58. The summed E-state index contributed by atoms with van der Waals surface area (Å²) < 4.78 is 40.9. The lowest BCUT2D eigenvalue weighted by atomic mass is 9.92. The van der Waals surface area contributed by atoms with E-state index in [1.807, 2.05) is 0 Å². The normalized spacial score (nSPS) is 12.8. The second kappa shape index (κ2) is 7.33. The smallest absolute Gasteiger partial charge is 0.382 e. The molecule has 0 aliphatic carbocycles. The molecular formula is C22H14BF3N2O. The zero-order chi connectivity index (χ0) is 20.6. The summed E-state index contributed by atoms with van der Waals surface area (Å²) in [6.45, 7) is 0. The minimum atomic E-state index is -4.59. The summed E-state index contributed by atoms with van der Waals surface area (Å²) in [6.07, 6.45) is -4.29. The van der Waals surface area contributed by atoms with Crippen molar-refractivity contribution in [3.8, 4) is 11.3 Å². The van der Waals surface area contributed by atoms with Crippen molar-refractivity contribution in [2.75, 3.05) is 0 Å². The maximum absolute atomic E-state index is 13.6. The fraction of sp³-hybridized carbons (Fsp3) is 0.0909. The Kier molecular flexibility index (Phi) is 4.84. The van der Waals surface area contributed by atoms with Crippen molar-refractivity contribution in [2.45, 2.75) is 12.3 Å². The van der Waals surface area contributed by atoms with Gasteiger partial charge < -0.3 is 5.11 Å². The molecule has 0 aliphatic rings.